The van der Waals surface area contributed by atoms with Crippen molar-refractivity contribution in [3.8, 4) is 23.7 Å². The molecule has 0 radical (unpaired) electrons. The van der Waals surface area contributed by atoms with E-state index in [0.29, 0.717) is 0 Å². The van der Waals surface area contributed by atoms with Gasteiger partial charge in [-0.25, -0.2) is 0 Å². The molecule has 122 valence electrons. The zero-order chi connectivity index (χ0) is 16.9. The molecule has 22 heavy (non-hydrogen) atoms. The molecule has 0 fully saturated rings. The monoisotopic (exact) mass is 362 g/mol. The van der Waals surface area contributed by atoms with Crippen LogP contribution in [0.15, 0.2) is 0 Å². The first kappa shape index (κ1) is 24.2. The molecule has 0 rings (SSSR count). The Bertz CT molecular complexity index is 644. The molecule has 0 aromatic rings. The second-order valence-electron chi connectivity index (χ2n) is 4.02. The predicted molar refractivity (Wildman–Crippen MR) is 84.3 cm³/mol. The van der Waals surface area contributed by atoms with Gasteiger partial charge >= 0.3 is 49.8 Å². The quantitative estimate of drug-likeness (QED) is 0.399. The van der Waals surface area contributed by atoms with Gasteiger partial charge in [0.15, 0.2) is 0 Å². The Kier molecular flexibility index (Phi) is 9.52. The van der Waals surface area contributed by atoms with Gasteiger partial charge in [-0.2, -0.15) is 16.8 Å². The van der Waals surface area contributed by atoms with Gasteiger partial charge in [0.2, 0.25) is 0 Å². The van der Waals surface area contributed by atoms with Crippen LogP contribution in [0.25, 0.3) is 0 Å². The van der Waals surface area contributed by atoms with Crippen molar-refractivity contribution < 1.29 is 30.7 Å². The Labute approximate surface area is 154 Å². The average Bonchev–Trinajstić information content (AvgIpc) is 2.34. The Morgan fingerprint density at radius 2 is 1.14 bits per heavy atom. The maximum atomic E-state index is 11.6. The van der Waals surface area contributed by atoms with Crippen molar-refractivity contribution >= 4 is 49.8 Å². The number of ether oxygens (including phenoxy) is 1. The molecule has 2 unspecified atom stereocenters. The van der Waals surface area contributed by atoms with Gasteiger partial charge in [0.1, 0.15) is 0 Å². The fourth-order valence-corrected chi connectivity index (χ4v) is 3.36. The van der Waals surface area contributed by atoms with E-state index < -0.39 is 30.1 Å². The Balaban J connectivity index is 0. The first-order valence-corrected chi connectivity index (χ1v) is 8.85. The molecule has 0 saturated carbocycles. The summed E-state index contributed by atoms with van der Waals surface area (Å²) in [7, 11) is -9.80. The first-order valence-electron chi connectivity index (χ1n) is 5.97. The van der Waals surface area contributed by atoms with Crippen LogP contribution < -0.4 is 0 Å². The second-order valence-corrected chi connectivity index (χ2v) is 7.23. The number of hydrogen-bond acceptors (Lipinski definition) is 5. The SMILES string of the molecule is CC#CC(CC)(OC(C#CC)(CC)S(=O)(=O)O)S(=O)(=O)O.[NaH]. The summed E-state index contributed by atoms with van der Waals surface area (Å²) in [5.41, 5.74) is 0. The molecule has 0 spiro atoms. The van der Waals surface area contributed by atoms with Crippen LogP contribution in [-0.2, 0) is 25.0 Å². The Morgan fingerprint density at radius 1 is 0.864 bits per heavy atom. The number of hydrogen-bond donors (Lipinski definition) is 2. The summed E-state index contributed by atoms with van der Waals surface area (Å²) in [6.45, 7) is 5.26. The van der Waals surface area contributed by atoms with E-state index in [1.165, 1.54) is 27.7 Å². The van der Waals surface area contributed by atoms with Gasteiger partial charge in [0.25, 0.3) is 9.87 Å². The van der Waals surface area contributed by atoms with Crippen molar-refractivity contribution in [2.24, 2.45) is 0 Å². The molecular weight excluding hydrogens is 343 g/mol. The summed E-state index contributed by atoms with van der Waals surface area (Å²) in [4.78, 5) is -5.01. The van der Waals surface area contributed by atoms with Crippen LogP contribution in [0.3, 0.4) is 0 Å². The normalized spacial score (nSPS) is 16.6. The van der Waals surface area contributed by atoms with E-state index in [1.54, 1.807) is 0 Å². The summed E-state index contributed by atoms with van der Waals surface area (Å²) in [5, 5.41) is 0. The summed E-state index contributed by atoms with van der Waals surface area (Å²) < 4.78 is 70.3. The molecule has 0 heterocycles. The fraction of sp³-hybridized carbons (Fsp3) is 0.667. The van der Waals surface area contributed by atoms with Crippen LogP contribution in [-0.4, -0.2) is 65.4 Å². The van der Waals surface area contributed by atoms with Crippen molar-refractivity contribution in [1.29, 1.82) is 0 Å². The average molecular weight is 362 g/mol. The number of rotatable bonds is 6. The zero-order valence-corrected chi connectivity index (χ0v) is 13.8. The fourth-order valence-electron chi connectivity index (χ4n) is 1.62. The minimum absolute atomic E-state index is 0. The molecule has 0 saturated heterocycles. The maximum absolute atomic E-state index is 11.6. The molecule has 0 aromatic carbocycles. The third-order valence-electron chi connectivity index (χ3n) is 2.72. The van der Waals surface area contributed by atoms with E-state index in [9.17, 15) is 25.9 Å². The van der Waals surface area contributed by atoms with Crippen molar-refractivity contribution in [3.05, 3.63) is 0 Å². The van der Waals surface area contributed by atoms with E-state index in [-0.39, 0.29) is 42.4 Å². The second kappa shape index (κ2) is 8.67. The van der Waals surface area contributed by atoms with Gasteiger partial charge < -0.3 is 4.74 Å². The molecule has 10 heteroatoms. The van der Waals surface area contributed by atoms with E-state index in [1.807, 2.05) is 0 Å². The van der Waals surface area contributed by atoms with E-state index in [2.05, 4.69) is 23.7 Å². The molecule has 0 amide bonds. The van der Waals surface area contributed by atoms with Gasteiger partial charge in [-0.15, -0.1) is 11.8 Å². The Hall–Kier alpha value is -0.100. The molecule has 0 bridgehead atoms. The van der Waals surface area contributed by atoms with Crippen molar-refractivity contribution in [1.82, 2.24) is 0 Å². The van der Waals surface area contributed by atoms with Crippen molar-refractivity contribution in [2.45, 2.75) is 50.4 Å². The molecule has 7 nitrogen and oxygen atoms in total. The van der Waals surface area contributed by atoms with Gasteiger partial charge in [-0.1, -0.05) is 13.8 Å². The van der Waals surface area contributed by atoms with Gasteiger partial charge in [-0.3, -0.25) is 9.11 Å². The van der Waals surface area contributed by atoms with Crippen LogP contribution in [0, 0.1) is 23.7 Å². The topological polar surface area (TPSA) is 118 Å². The minimum atomic E-state index is -4.90. The van der Waals surface area contributed by atoms with Crippen LogP contribution in [0.5, 0.6) is 0 Å². The van der Waals surface area contributed by atoms with Gasteiger partial charge in [0, 0.05) is 12.8 Å². The third kappa shape index (κ3) is 4.95. The molecule has 2 atom stereocenters. The predicted octanol–water partition coefficient (Wildman–Crippen LogP) is 0.389. The van der Waals surface area contributed by atoms with Crippen LogP contribution in [0.1, 0.15) is 40.5 Å². The zero-order valence-electron chi connectivity index (χ0n) is 12.2. The van der Waals surface area contributed by atoms with Crippen LogP contribution >= 0.6 is 0 Å². The summed E-state index contributed by atoms with van der Waals surface area (Å²) in [6.07, 6.45) is -0.731. The molecule has 0 aliphatic carbocycles. The van der Waals surface area contributed by atoms with E-state index >= 15 is 0 Å². The first-order chi connectivity index (χ1) is 9.45. The van der Waals surface area contributed by atoms with Crippen molar-refractivity contribution in [3.63, 3.8) is 0 Å². The van der Waals surface area contributed by atoms with Crippen LogP contribution in [0.2, 0.25) is 0 Å². The Morgan fingerprint density at radius 3 is 1.27 bits per heavy atom. The standard InChI is InChI=1S/C12H18O7S2.Na.H/c1-5-9-11(7-3,20(13,14)15)19-12(8-4,10-6-2)21(16,17)18;;/h7-8H2,1-4H3,(H,13,14,15)(H,16,17,18);;. The van der Waals surface area contributed by atoms with Gasteiger partial charge in [-0.05, 0) is 25.7 Å². The summed E-state index contributed by atoms with van der Waals surface area (Å²) >= 11 is 0. The van der Waals surface area contributed by atoms with Gasteiger partial charge in [0.05, 0.1) is 0 Å². The van der Waals surface area contributed by atoms with E-state index in [4.69, 9.17) is 4.74 Å². The molecule has 2 N–H and O–H groups in total. The summed E-state index contributed by atoms with van der Waals surface area (Å²) in [6, 6.07) is 0. The molecular formula is C12H19NaO7S2. The molecule has 0 aliphatic rings. The van der Waals surface area contributed by atoms with Crippen molar-refractivity contribution in [2.75, 3.05) is 0 Å². The third-order valence-corrected chi connectivity index (χ3v) is 5.34. The van der Waals surface area contributed by atoms with E-state index in [0.717, 1.165) is 0 Å². The summed E-state index contributed by atoms with van der Waals surface area (Å²) in [5.74, 6) is 8.84. The van der Waals surface area contributed by atoms with Crippen LogP contribution in [0.4, 0.5) is 0 Å². The molecule has 0 aromatic heterocycles. The molecule has 0 aliphatic heterocycles.